The fourth-order valence-electron chi connectivity index (χ4n) is 4.22. The van der Waals surface area contributed by atoms with Crippen molar-refractivity contribution in [2.45, 2.75) is 26.2 Å². The van der Waals surface area contributed by atoms with E-state index in [0.29, 0.717) is 46.6 Å². The summed E-state index contributed by atoms with van der Waals surface area (Å²) in [4.78, 5) is 19.3. The number of benzene rings is 2. The number of rotatable bonds is 9. The Hall–Kier alpha value is -2.80. The van der Waals surface area contributed by atoms with Gasteiger partial charge in [-0.15, -0.1) is 0 Å². The van der Waals surface area contributed by atoms with Crippen molar-refractivity contribution in [2.24, 2.45) is 0 Å². The molecule has 0 unspecified atom stereocenters. The van der Waals surface area contributed by atoms with E-state index in [1.165, 1.54) is 12.8 Å². The number of hydrogen-bond donors (Lipinski definition) is 3. The summed E-state index contributed by atoms with van der Waals surface area (Å²) >= 11 is 12.6. The van der Waals surface area contributed by atoms with Crippen molar-refractivity contribution in [3.63, 3.8) is 0 Å². The molecule has 0 saturated carbocycles. The van der Waals surface area contributed by atoms with E-state index in [1.54, 1.807) is 12.1 Å². The Kier molecular flexibility index (Phi) is 8.50. The molecular formula is C27H30Cl2N4O2. The van der Waals surface area contributed by atoms with Gasteiger partial charge in [0, 0.05) is 41.7 Å². The molecule has 184 valence electrons. The number of phenolic OH excluding ortho intramolecular Hbond substituents is 1. The fraction of sp³-hybridized carbons (Fsp3) is 0.333. The van der Waals surface area contributed by atoms with Crippen LogP contribution < -0.4 is 10.6 Å². The zero-order chi connectivity index (χ0) is 24.8. The van der Waals surface area contributed by atoms with E-state index >= 15 is 0 Å². The molecule has 3 N–H and O–H groups in total. The van der Waals surface area contributed by atoms with Crippen LogP contribution >= 0.6 is 23.2 Å². The van der Waals surface area contributed by atoms with Gasteiger partial charge in [-0.05, 0) is 85.9 Å². The van der Waals surface area contributed by atoms with Crippen molar-refractivity contribution >= 4 is 34.9 Å². The zero-order valence-corrected chi connectivity index (χ0v) is 21.3. The number of carbonyl (C=O) groups is 1. The SMILES string of the molecule is Cc1cc(O)c(-c2cc(-c3cccc(Cl)c3)cc(NCCC(=O)NCCN3CCCC3)n2)cc1Cl. The van der Waals surface area contributed by atoms with Crippen LogP contribution in [-0.2, 0) is 4.79 Å². The first kappa shape index (κ1) is 25.3. The second-order valence-electron chi connectivity index (χ2n) is 8.83. The maximum absolute atomic E-state index is 12.3. The lowest BCUT2D eigenvalue weighted by molar-refractivity contribution is -0.120. The number of carbonyl (C=O) groups excluding carboxylic acids is 1. The predicted octanol–water partition coefficient (Wildman–Crippen LogP) is 5.75. The molecule has 0 spiro atoms. The van der Waals surface area contributed by atoms with E-state index in [1.807, 2.05) is 43.3 Å². The summed E-state index contributed by atoms with van der Waals surface area (Å²) in [6.45, 7) is 6.08. The number of phenols is 1. The number of nitrogens with one attached hydrogen (secondary N) is 2. The number of hydrogen-bond acceptors (Lipinski definition) is 5. The normalized spacial score (nSPS) is 13.7. The number of amides is 1. The lowest BCUT2D eigenvalue weighted by Gasteiger charge is -2.15. The Labute approximate surface area is 216 Å². The number of halogens is 2. The fourth-order valence-corrected chi connectivity index (χ4v) is 4.57. The van der Waals surface area contributed by atoms with Crippen LogP contribution in [-0.4, -0.2) is 53.6 Å². The minimum Gasteiger partial charge on any atom is -0.507 e. The van der Waals surface area contributed by atoms with Crippen molar-refractivity contribution < 1.29 is 9.90 Å². The summed E-state index contributed by atoms with van der Waals surface area (Å²) in [5.74, 6) is 0.704. The molecule has 1 amide bonds. The summed E-state index contributed by atoms with van der Waals surface area (Å²) in [5.41, 5.74) is 3.69. The van der Waals surface area contributed by atoms with Crippen LogP contribution in [0, 0.1) is 6.92 Å². The third-order valence-corrected chi connectivity index (χ3v) is 6.79. The molecule has 0 atom stereocenters. The maximum atomic E-state index is 12.3. The van der Waals surface area contributed by atoms with Crippen molar-refractivity contribution in [2.75, 3.05) is 38.0 Å². The molecular weight excluding hydrogens is 483 g/mol. The highest BCUT2D eigenvalue weighted by molar-refractivity contribution is 6.31. The number of aromatic nitrogens is 1. The molecule has 35 heavy (non-hydrogen) atoms. The van der Waals surface area contributed by atoms with E-state index in [4.69, 9.17) is 28.2 Å². The first-order valence-electron chi connectivity index (χ1n) is 11.9. The zero-order valence-electron chi connectivity index (χ0n) is 19.8. The molecule has 1 saturated heterocycles. The molecule has 1 aromatic heterocycles. The lowest BCUT2D eigenvalue weighted by Crippen LogP contribution is -2.34. The van der Waals surface area contributed by atoms with Gasteiger partial charge in [0.15, 0.2) is 0 Å². The van der Waals surface area contributed by atoms with E-state index < -0.39 is 0 Å². The summed E-state index contributed by atoms with van der Waals surface area (Å²) in [6.07, 6.45) is 2.82. The molecule has 4 rings (SSSR count). The number of anilines is 1. The van der Waals surface area contributed by atoms with Gasteiger partial charge >= 0.3 is 0 Å². The lowest BCUT2D eigenvalue weighted by atomic mass is 10.0. The van der Waals surface area contributed by atoms with Crippen LogP contribution in [0.25, 0.3) is 22.4 Å². The largest absolute Gasteiger partial charge is 0.507 e. The van der Waals surface area contributed by atoms with Crippen molar-refractivity contribution in [3.8, 4) is 28.1 Å². The van der Waals surface area contributed by atoms with Crippen LogP contribution in [0.3, 0.4) is 0 Å². The monoisotopic (exact) mass is 512 g/mol. The molecule has 0 aliphatic carbocycles. The molecule has 1 fully saturated rings. The van der Waals surface area contributed by atoms with Gasteiger partial charge in [0.25, 0.3) is 0 Å². The third kappa shape index (κ3) is 6.88. The van der Waals surface area contributed by atoms with Gasteiger partial charge in [-0.25, -0.2) is 4.98 Å². The minimum atomic E-state index is 0.00544. The van der Waals surface area contributed by atoms with Crippen molar-refractivity contribution in [1.29, 1.82) is 0 Å². The molecule has 3 aromatic rings. The molecule has 6 nitrogen and oxygen atoms in total. The summed E-state index contributed by atoms with van der Waals surface area (Å²) in [5, 5.41) is 18.0. The van der Waals surface area contributed by atoms with Gasteiger partial charge in [-0.3, -0.25) is 4.79 Å². The molecule has 1 aliphatic heterocycles. The topological polar surface area (TPSA) is 77.5 Å². The van der Waals surface area contributed by atoms with Gasteiger partial charge < -0.3 is 20.6 Å². The van der Waals surface area contributed by atoms with E-state index in [-0.39, 0.29) is 11.7 Å². The van der Waals surface area contributed by atoms with Crippen LogP contribution in [0.4, 0.5) is 5.82 Å². The quantitative estimate of drug-likeness (QED) is 0.340. The summed E-state index contributed by atoms with van der Waals surface area (Å²) in [7, 11) is 0. The Bertz CT molecular complexity index is 1200. The van der Waals surface area contributed by atoms with Crippen molar-refractivity contribution in [3.05, 3.63) is 64.1 Å². The Balaban J connectivity index is 1.49. The summed E-state index contributed by atoms with van der Waals surface area (Å²) in [6, 6.07) is 14.7. The standard InChI is InChI=1S/C27H30Cl2N4O2/c1-18-13-25(34)22(17-23(18)29)24-15-20(19-5-4-6-21(28)14-19)16-26(32-24)30-8-7-27(35)31-9-12-33-10-2-3-11-33/h4-6,13-17,34H,2-3,7-12H2,1H3,(H,30,32)(H,31,35). The molecule has 2 aromatic carbocycles. The number of aromatic hydroxyl groups is 1. The molecule has 0 radical (unpaired) electrons. The highest BCUT2D eigenvalue weighted by atomic mass is 35.5. The average molecular weight is 513 g/mol. The predicted molar refractivity (Wildman–Crippen MR) is 143 cm³/mol. The Morgan fingerprint density at radius 1 is 1.06 bits per heavy atom. The minimum absolute atomic E-state index is 0.00544. The van der Waals surface area contributed by atoms with Crippen LogP contribution in [0.2, 0.25) is 10.0 Å². The van der Waals surface area contributed by atoms with Gasteiger partial charge in [0.2, 0.25) is 5.91 Å². The van der Waals surface area contributed by atoms with Gasteiger partial charge in [-0.2, -0.15) is 0 Å². The smallest absolute Gasteiger partial charge is 0.221 e. The van der Waals surface area contributed by atoms with E-state index in [2.05, 4.69) is 15.5 Å². The number of aryl methyl sites for hydroxylation is 1. The third-order valence-electron chi connectivity index (χ3n) is 6.14. The highest BCUT2D eigenvalue weighted by Crippen LogP contribution is 2.36. The molecule has 0 bridgehead atoms. The van der Waals surface area contributed by atoms with Crippen LogP contribution in [0.5, 0.6) is 5.75 Å². The first-order chi connectivity index (χ1) is 16.9. The Morgan fingerprint density at radius 3 is 2.63 bits per heavy atom. The number of likely N-dealkylation sites (tertiary alicyclic amines) is 1. The second kappa shape index (κ2) is 11.8. The number of nitrogens with zero attached hydrogens (tertiary/aromatic N) is 2. The average Bonchev–Trinajstić information content (AvgIpc) is 3.35. The van der Waals surface area contributed by atoms with Gasteiger partial charge in [0.1, 0.15) is 11.6 Å². The highest BCUT2D eigenvalue weighted by Gasteiger charge is 2.14. The van der Waals surface area contributed by atoms with Crippen LogP contribution in [0.1, 0.15) is 24.8 Å². The molecule has 8 heteroatoms. The summed E-state index contributed by atoms with van der Waals surface area (Å²) < 4.78 is 0. The second-order valence-corrected chi connectivity index (χ2v) is 9.67. The van der Waals surface area contributed by atoms with Crippen molar-refractivity contribution in [1.82, 2.24) is 15.2 Å². The molecule has 2 heterocycles. The van der Waals surface area contributed by atoms with Crippen LogP contribution in [0.15, 0.2) is 48.5 Å². The number of pyridine rings is 1. The van der Waals surface area contributed by atoms with Gasteiger partial charge in [0.05, 0.1) is 5.69 Å². The first-order valence-corrected chi connectivity index (χ1v) is 12.6. The van der Waals surface area contributed by atoms with Gasteiger partial charge in [-0.1, -0.05) is 35.3 Å². The molecule has 1 aliphatic rings. The van der Waals surface area contributed by atoms with E-state index in [9.17, 15) is 9.90 Å². The van der Waals surface area contributed by atoms with E-state index in [0.717, 1.165) is 36.3 Å². The Morgan fingerprint density at radius 2 is 1.86 bits per heavy atom. The maximum Gasteiger partial charge on any atom is 0.221 e.